The van der Waals surface area contributed by atoms with E-state index in [-0.39, 0.29) is 17.4 Å². The molecular formula is C15H19N5O2S. The van der Waals surface area contributed by atoms with Gasteiger partial charge in [0, 0.05) is 29.9 Å². The topological polar surface area (TPSA) is 79.6 Å². The molecule has 2 aromatic rings. The van der Waals surface area contributed by atoms with Crippen LogP contribution in [0, 0.1) is 0 Å². The van der Waals surface area contributed by atoms with Gasteiger partial charge in [0.25, 0.3) is 5.91 Å². The maximum Gasteiger partial charge on any atom is 0.275 e. The van der Waals surface area contributed by atoms with E-state index in [0.717, 1.165) is 0 Å². The lowest BCUT2D eigenvalue weighted by molar-refractivity contribution is -0.125. The highest BCUT2D eigenvalue weighted by Crippen LogP contribution is 2.23. The summed E-state index contributed by atoms with van der Waals surface area (Å²) < 4.78 is 1.70. The van der Waals surface area contributed by atoms with Crippen molar-refractivity contribution in [1.82, 2.24) is 24.6 Å². The van der Waals surface area contributed by atoms with Crippen LogP contribution in [0.1, 0.15) is 31.3 Å². The Balaban J connectivity index is 1.81. The third kappa shape index (κ3) is 3.31. The summed E-state index contributed by atoms with van der Waals surface area (Å²) in [5, 5.41) is 2.94. The Morgan fingerprint density at radius 2 is 2.17 bits per heavy atom. The lowest BCUT2D eigenvalue weighted by atomic mass is 10.1. The first-order valence-electron chi connectivity index (χ1n) is 7.35. The molecule has 0 aliphatic carbocycles. The van der Waals surface area contributed by atoms with E-state index in [1.54, 1.807) is 45.7 Å². The molecule has 3 heterocycles. The molecule has 0 aromatic carbocycles. The van der Waals surface area contributed by atoms with Gasteiger partial charge in [-0.3, -0.25) is 14.0 Å². The molecule has 2 aromatic heterocycles. The van der Waals surface area contributed by atoms with Crippen molar-refractivity contribution in [3.05, 3.63) is 30.4 Å². The first-order chi connectivity index (χ1) is 10.8. The highest BCUT2D eigenvalue weighted by molar-refractivity contribution is 7.99. The Labute approximate surface area is 138 Å². The molecule has 7 nitrogen and oxygen atoms in total. The van der Waals surface area contributed by atoms with Crippen LogP contribution in [0.15, 0.2) is 24.7 Å². The molecule has 0 saturated carbocycles. The van der Waals surface area contributed by atoms with Crippen LogP contribution in [0.25, 0.3) is 5.78 Å². The number of hydrogen-bond acceptors (Lipinski definition) is 5. The maximum absolute atomic E-state index is 12.7. The first kappa shape index (κ1) is 15.8. The van der Waals surface area contributed by atoms with Gasteiger partial charge in [-0.05, 0) is 26.8 Å². The number of nitrogens with zero attached hydrogens (tertiary/aromatic N) is 4. The van der Waals surface area contributed by atoms with Crippen LogP contribution < -0.4 is 5.32 Å². The van der Waals surface area contributed by atoms with Crippen molar-refractivity contribution in [2.45, 2.75) is 32.4 Å². The average molecular weight is 333 g/mol. The van der Waals surface area contributed by atoms with Crippen molar-refractivity contribution < 1.29 is 9.59 Å². The second-order valence-corrected chi connectivity index (χ2v) is 7.48. The quantitative estimate of drug-likeness (QED) is 0.892. The van der Waals surface area contributed by atoms with Gasteiger partial charge in [-0.2, -0.15) is 0 Å². The third-order valence-electron chi connectivity index (χ3n) is 3.40. The molecule has 1 unspecified atom stereocenters. The van der Waals surface area contributed by atoms with Crippen molar-refractivity contribution in [3.8, 4) is 0 Å². The zero-order chi connectivity index (χ0) is 16.6. The van der Waals surface area contributed by atoms with Gasteiger partial charge < -0.3 is 10.2 Å². The van der Waals surface area contributed by atoms with Crippen LogP contribution in [0.5, 0.6) is 0 Å². The van der Waals surface area contributed by atoms with Crippen LogP contribution in [-0.4, -0.2) is 54.3 Å². The number of imidazole rings is 1. The molecule has 1 atom stereocenters. The molecule has 0 radical (unpaired) electrons. The zero-order valence-electron chi connectivity index (χ0n) is 13.3. The van der Waals surface area contributed by atoms with Gasteiger partial charge in [0.15, 0.2) is 0 Å². The minimum absolute atomic E-state index is 0.127. The Morgan fingerprint density at radius 3 is 2.87 bits per heavy atom. The number of carbonyl (C=O) groups is 2. The summed E-state index contributed by atoms with van der Waals surface area (Å²) in [5.74, 6) is 1.19. The second-order valence-electron chi connectivity index (χ2n) is 6.48. The Morgan fingerprint density at radius 1 is 1.39 bits per heavy atom. The molecule has 1 aliphatic rings. The van der Waals surface area contributed by atoms with Crippen molar-refractivity contribution in [2.75, 3.05) is 11.6 Å². The fourth-order valence-corrected chi connectivity index (χ4v) is 3.55. The van der Waals surface area contributed by atoms with E-state index in [9.17, 15) is 9.59 Å². The van der Waals surface area contributed by atoms with Crippen molar-refractivity contribution in [3.63, 3.8) is 0 Å². The summed E-state index contributed by atoms with van der Waals surface area (Å²) in [6.45, 7) is 5.77. The number of carbonyl (C=O) groups excluding carboxylic acids is 2. The van der Waals surface area contributed by atoms with E-state index in [0.29, 0.717) is 23.1 Å². The van der Waals surface area contributed by atoms with Crippen LogP contribution in [0.4, 0.5) is 0 Å². The second kappa shape index (κ2) is 5.84. The van der Waals surface area contributed by atoms with E-state index in [1.807, 2.05) is 20.8 Å². The molecule has 23 heavy (non-hydrogen) atoms. The van der Waals surface area contributed by atoms with Crippen LogP contribution in [0.3, 0.4) is 0 Å². The first-order valence-corrected chi connectivity index (χ1v) is 8.51. The smallest absolute Gasteiger partial charge is 0.275 e. The lowest BCUT2D eigenvalue weighted by Crippen LogP contribution is -2.52. The number of aromatic nitrogens is 3. The summed E-state index contributed by atoms with van der Waals surface area (Å²) in [6, 6.07) is 1.30. The SMILES string of the molecule is CC(C)(C)NC(=O)C1CSCN1C(=O)c1cn2cccnc2n1. The Kier molecular flexibility index (Phi) is 4.01. The predicted molar refractivity (Wildman–Crippen MR) is 88.2 cm³/mol. The number of hydrogen-bond donors (Lipinski definition) is 1. The van der Waals surface area contributed by atoms with Gasteiger partial charge in [0.2, 0.25) is 11.7 Å². The molecule has 1 saturated heterocycles. The highest BCUT2D eigenvalue weighted by Gasteiger charge is 2.37. The van der Waals surface area contributed by atoms with Gasteiger partial charge in [0.1, 0.15) is 11.7 Å². The average Bonchev–Trinajstić information content (AvgIpc) is 3.11. The summed E-state index contributed by atoms with van der Waals surface area (Å²) >= 11 is 1.57. The number of fused-ring (bicyclic) bond motifs is 1. The minimum atomic E-state index is -0.468. The maximum atomic E-state index is 12.7. The summed E-state index contributed by atoms with van der Waals surface area (Å²) in [7, 11) is 0. The van der Waals surface area contributed by atoms with Crippen LogP contribution >= 0.6 is 11.8 Å². The van der Waals surface area contributed by atoms with Gasteiger partial charge >= 0.3 is 0 Å². The largest absolute Gasteiger partial charge is 0.350 e. The molecule has 1 N–H and O–H groups in total. The van der Waals surface area contributed by atoms with Crippen molar-refractivity contribution >= 4 is 29.4 Å². The number of nitrogens with one attached hydrogen (secondary N) is 1. The fourth-order valence-electron chi connectivity index (χ4n) is 2.39. The molecule has 1 aliphatic heterocycles. The minimum Gasteiger partial charge on any atom is -0.350 e. The molecule has 1 fully saturated rings. The number of thioether (sulfide) groups is 1. The van der Waals surface area contributed by atoms with E-state index in [2.05, 4.69) is 15.3 Å². The van der Waals surface area contributed by atoms with Gasteiger partial charge in [-0.25, -0.2) is 9.97 Å². The van der Waals surface area contributed by atoms with E-state index in [4.69, 9.17) is 0 Å². The fraction of sp³-hybridized carbons (Fsp3) is 0.467. The Hall–Kier alpha value is -2.09. The molecule has 0 spiro atoms. The van der Waals surface area contributed by atoms with Gasteiger partial charge in [0.05, 0.1) is 5.88 Å². The molecule has 8 heteroatoms. The van der Waals surface area contributed by atoms with E-state index < -0.39 is 6.04 Å². The zero-order valence-corrected chi connectivity index (χ0v) is 14.1. The molecular weight excluding hydrogens is 314 g/mol. The molecule has 0 bridgehead atoms. The van der Waals surface area contributed by atoms with Crippen molar-refractivity contribution in [1.29, 1.82) is 0 Å². The van der Waals surface area contributed by atoms with E-state index in [1.165, 1.54) is 0 Å². The Bertz CT molecular complexity index is 719. The summed E-state index contributed by atoms with van der Waals surface area (Å²) in [5.41, 5.74) is -0.0220. The molecule has 2 amide bonds. The normalized spacial score (nSPS) is 18.4. The molecule has 122 valence electrons. The standard InChI is InChI=1S/C15H19N5O2S/c1-15(2,3)18-12(21)11-8-23-9-20(11)13(22)10-7-19-6-4-5-16-14(19)17-10/h4-7,11H,8-9H2,1-3H3,(H,18,21). The monoisotopic (exact) mass is 333 g/mol. The number of rotatable bonds is 2. The third-order valence-corrected chi connectivity index (χ3v) is 4.41. The molecule has 3 rings (SSSR count). The van der Waals surface area contributed by atoms with Crippen LogP contribution in [0.2, 0.25) is 0 Å². The predicted octanol–water partition coefficient (Wildman–Crippen LogP) is 1.16. The summed E-state index contributed by atoms with van der Waals surface area (Å²) in [4.78, 5) is 35.1. The van der Waals surface area contributed by atoms with Gasteiger partial charge in [-0.1, -0.05) is 0 Å². The van der Waals surface area contributed by atoms with Gasteiger partial charge in [-0.15, -0.1) is 11.8 Å². The van der Waals surface area contributed by atoms with Crippen molar-refractivity contribution in [2.24, 2.45) is 0 Å². The lowest BCUT2D eigenvalue weighted by Gasteiger charge is -2.27. The van der Waals surface area contributed by atoms with Crippen LogP contribution in [-0.2, 0) is 4.79 Å². The summed E-state index contributed by atoms with van der Waals surface area (Å²) in [6.07, 6.45) is 5.06. The highest BCUT2D eigenvalue weighted by atomic mass is 32.2. The van der Waals surface area contributed by atoms with E-state index >= 15 is 0 Å². The number of amides is 2.